The van der Waals surface area contributed by atoms with Gasteiger partial charge in [0.1, 0.15) is 0 Å². The number of hydrogen-bond donors (Lipinski definition) is 2. The van der Waals surface area contributed by atoms with E-state index in [1.165, 1.54) is 38.5 Å². The molecule has 6 rings (SSSR count). The number of para-hydroxylation sites is 1. The predicted octanol–water partition coefficient (Wildman–Crippen LogP) is 5.31. The minimum Gasteiger partial charge on any atom is -0.504 e. The van der Waals surface area contributed by atoms with Gasteiger partial charge in [-0.15, -0.1) is 0 Å². The number of nitrogens with zero attached hydrogens (tertiary/aromatic N) is 1. The molecule has 146 valence electrons. The maximum absolute atomic E-state index is 11.0. The molecule has 0 aromatic heterocycles. The first-order valence-electron chi connectivity index (χ1n) is 10.4. The van der Waals surface area contributed by atoms with Gasteiger partial charge in [-0.25, -0.2) is 0 Å². The number of anilines is 1. The van der Waals surface area contributed by atoms with E-state index in [1.54, 1.807) is 7.11 Å². The molecule has 4 heteroatoms. The fourth-order valence-electron chi connectivity index (χ4n) is 6.40. The summed E-state index contributed by atoms with van der Waals surface area (Å²) in [7, 11) is 1.63. The van der Waals surface area contributed by atoms with Gasteiger partial charge in [-0.3, -0.25) is 5.43 Å². The van der Waals surface area contributed by atoms with Gasteiger partial charge >= 0.3 is 0 Å². The van der Waals surface area contributed by atoms with Gasteiger partial charge in [0.05, 0.1) is 19.0 Å². The minimum atomic E-state index is 0.114. The van der Waals surface area contributed by atoms with E-state index in [1.807, 2.05) is 42.6 Å². The largest absolute Gasteiger partial charge is 0.504 e. The molecule has 2 aromatic rings. The Bertz CT molecular complexity index is 856. The van der Waals surface area contributed by atoms with Crippen LogP contribution in [0.1, 0.15) is 49.7 Å². The molecule has 0 unspecified atom stereocenters. The Morgan fingerprint density at radius 2 is 1.68 bits per heavy atom. The molecule has 0 atom stereocenters. The molecule has 2 aromatic carbocycles. The van der Waals surface area contributed by atoms with Crippen LogP contribution in [-0.2, 0) is 5.41 Å². The van der Waals surface area contributed by atoms with Crippen molar-refractivity contribution >= 4 is 11.9 Å². The Morgan fingerprint density at radius 3 is 2.29 bits per heavy atom. The highest BCUT2D eigenvalue weighted by Crippen LogP contribution is 2.62. The third-order valence-electron chi connectivity index (χ3n) is 7.11. The van der Waals surface area contributed by atoms with Gasteiger partial charge in [0, 0.05) is 5.56 Å². The molecular weight excluding hydrogens is 348 g/mol. The molecule has 0 heterocycles. The smallest absolute Gasteiger partial charge is 0.161 e. The Kier molecular flexibility index (Phi) is 4.30. The van der Waals surface area contributed by atoms with Crippen LogP contribution in [0, 0.1) is 17.8 Å². The van der Waals surface area contributed by atoms with Crippen LogP contribution in [-0.4, -0.2) is 18.4 Å². The van der Waals surface area contributed by atoms with E-state index in [2.05, 4.69) is 16.6 Å². The number of hydrogen-bond acceptors (Lipinski definition) is 4. The van der Waals surface area contributed by atoms with E-state index < -0.39 is 0 Å². The van der Waals surface area contributed by atoms with Crippen LogP contribution in [0.2, 0.25) is 0 Å². The number of nitrogens with one attached hydrogen (secondary N) is 1. The van der Waals surface area contributed by atoms with Crippen molar-refractivity contribution in [3.63, 3.8) is 0 Å². The highest BCUT2D eigenvalue weighted by molar-refractivity contribution is 5.82. The van der Waals surface area contributed by atoms with Crippen molar-refractivity contribution in [1.29, 1.82) is 0 Å². The number of phenolic OH excluding ortho intramolecular Hbond substituents is 1. The van der Waals surface area contributed by atoms with Crippen LogP contribution in [0.4, 0.5) is 5.69 Å². The van der Waals surface area contributed by atoms with Gasteiger partial charge in [0.25, 0.3) is 0 Å². The zero-order valence-corrected chi connectivity index (χ0v) is 16.4. The van der Waals surface area contributed by atoms with Crippen molar-refractivity contribution < 1.29 is 9.84 Å². The molecule has 0 spiro atoms. The first kappa shape index (κ1) is 17.6. The van der Waals surface area contributed by atoms with Crippen molar-refractivity contribution in [2.24, 2.45) is 22.9 Å². The Balaban J connectivity index is 1.47. The van der Waals surface area contributed by atoms with Crippen molar-refractivity contribution in [2.75, 3.05) is 12.5 Å². The van der Waals surface area contributed by atoms with E-state index in [-0.39, 0.29) is 5.41 Å². The summed E-state index contributed by atoms with van der Waals surface area (Å²) in [4.78, 5) is 0. The van der Waals surface area contributed by atoms with Gasteiger partial charge in [-0.1, -0.05) is 18.2 Å². The quantitative estimate of drug-likeness (QED) is 0.549. The zero-order valence-electron chi connectivity index (χ0n) is 16.4. The third kappa shape index (κ3) is 3.05. The zero-order chi connectivity index (χ0) is 19.1. The number of ether oxygens (including phenoxy) is 1. The molecule has 4 nitrogen and oxygen atoms in total. The van der Waals surface area contributed by atoms with E-state index in [0.717, 1.165) is 34.6 Å². The molecule has 4 aliphatic carbocycles. The lowest BCUT2D eigenvalue weighted by molar-refractivity contribution is -0.00626. The second-order valence-corrected chi connectivity index (χ2v) is 9.05. The molecule has 4 fully saturated rings. The lowest BCUT2D eigenvalue weighted by Crippen LogP contribution is -2.48. The van der Waals surface area contributed by atoms with E-state index >= 15 is 0 Å². The number of phenols is 1. The summed E-state index contributed by atoms with van der Waals surface area (Å²) in [6.07, 6.45) is 9.60. The monoisotopic (exact) mass is 376 g/mol. The van der Waals surface area contributed by atoms with Gasteiger partial charge in [0.15, 0.2) is 11.5 Å². The first-order chi connectivity index (χ1) is 13.6. The molecule has 4 saturated carbocycles. The Morgan fingerprint density at radius 1 is 1.04 bits per heavy atom. The maximum atomic E-state index is 11.0. The molecule has 4 aliphatic rings. The minimum absolute atomic E-state index is 0.114. The third-order valence-corrected chi connectivity index (χ3v) is 7.11. The van der Waals surface area contributed by atoms with Crippen LogP contribution >= 0.6 is 0 Å². The summed E-state index contributed by atoms with van der Waals surface area (Å²) >= 11 is 0. The molecule has 4 bridgehead atoms. The van der Waals surface area contributed by atoms with Crippen LogP contribution < -0.4 is 10.2 Å². The normalized spacial score (nSPS) is 30.7. The van der Waals surface area contributed by atoms with Crippen molar-refractivity contribution in [2.45, 2.75) is 43.9 Å². The summed E-state index contributed by atoms with van der Waals surface area (Å²) in [6, 6.07) is 13.9. The van der Waals surface area contributed by atoms with Crippen molar-refractivity contribution in [3.05, 3.63) is 53.6 Å². The van der Waals surface area contributed by atoms with Gasteiger partial charge in [-0.2, -0.15) is 5.10 Å². The second-order valence-electron chi connectivity index (χ2n) is 9.05. The molecule has 0 saturated heterocycles. The van der Waals surface area contributed by atoms with Crippen molar-refractivity contribution in [3.8, 4) is 11.5 Å². The number of aromatic hydroxyl groups is 1. The fraction of sp³-hybridized carbons (Fsp3) is 0.458. The predicted molar refractivity (Wildman–Crippen MR) is 112 cm³/mol. The van der Waals surface area contributed by atoms with Crippen LogP contribution in [0.15, 0.2) is 47.6 Å². The van der Waals surface area contributed by atoms with E-state index in [4.69, 9.17) is 4.74 Å². The second kappa shape index (κ2) is 6.84. The first-order valence-corrected chi connectivity index (χ1v) is 10.4. The van der Waals surface area contributed by atoms with E-state index in [9.17, 15) is 5.11 Å². The topological polar surface area (TPSA) is 53.8 Å². The lowest BCUT2D eigenvalue weighted by Gasteiger charge is -2.57. The van der Waals surface area contributed by atoms with Gasteiger partial charge in [0.2, 0.25) is 0 Å². The highest BCUT2D eigenvalue weighted by atomic mass is 16.5. The number of benzene rings is 2. The van der Waals surface area contributed by atoms with Gasteiger partial charge in [-0.05, 0) is 91.5 Å². The number of rotatable bonds is 5. The Labute approximate surface area is 166 Å². The number of hydrazone groups is 1. The summed E-state index contributed by atoms with van der Waals surface area (Å²) < 4.78 is 5.52. The van der Waals surface area contributed by atoms with E-state index in [0.29, 0.717) is 11.5 Å². The average Bonchev–Trinajstić information content (AvgIpc) is 2.68. The maximum Gasteiger partial charge on any atom is 0.161 e. The summed E-state index contributed by atoms with van der Waals surface area (Å²) in [5.41, 5.74) is 6.17. The summed E-state index contributed by atoms with van der Waals surface area (Å²) in [6.45, 7) is 0. The summed E-state index contributed by atoms with van der Waals surface area (Å²) in [5, 5.41) is 15.4. The molecule has 0 amide bonds. The molecule has 0 aliphatic heterocycles. The molecule has 2 N–H and O–H groups in total. The average molecular weight is 377 g/mol. The summed E-state index contributed by atoms with van der Waals surface area (Å²) in [5.74, 6) is 3.36. The highest BCUT2D eigenvalue weighted by Gasteiger charge is 2.52. The van der Waals surface area contributed by atoms with Crippen LogP contribution in [0.5, 0.6) is 11.5 Å². The van der Waals surface area contributed by atoms with Crippen LogP contribution in [0.25, 0.3) is 0 Å². The number of methoxy groups -OCH3 is 1. The molecular formula is C24H28N2O2. The van der Waals surface area contributed by atoms with Gasteiger partial charge < -0.3 is 9.84 Å². The SMILES string of the molecule is COc1cc(C=NNc2ccccc2)cc(C23CC4CC(CC(C4)C2)C3)c1O. The lowest BCUT2D eigenvalue weighted by atomic mass is 9.48. The molecule has 28 heavy (non-hydrogen) atoms. The standard InChI is InChI=1S/C24H28N2O2/c1-28-22-11-19(15-25-26-20-5-3-2-4-6-20)10-21(23(22)27)24-12-16-7-17(13-24)9-18(8-16)14-24/h2-6,10-11,15-18,26-27H,7-9,12-14H2,1H3. The Hall–Kier alpha value is -2.49. The molecule has 0 radical (unpaired) electrons. The fourth-order valence-corrected chi connectivity index (χ4v) is 6.40. The van der Waals surface area contributed by atoms with Crippen molar-refractivity contribution in [1.82, 2.24) is 0 Å². The van der Waals surface area contributed by atoms with Crippen LogP contribution in [0.3, 0.4) is 0 Å².